The minimum atomic E-state index is -0.188. The van der Waals surface area contributed by atoms with E-state index in [4.69, 9.17) is 14.7 Å². The van der Waals surface area contributed by atoms with Crippen LogP contribution >= 0.6 is 0 Å². The average Bonchev–Trinajstić information content (AvgIpc) is 2.65. The third-order valence-electron chi connectivity index (χ3n) is 3.77. The Morgan fingerprint density at radius 3 is 2.64 bits per heavy atom. The summed E-state index contributed by atoms with van der Waals surface area (Å²) >= 11 is 0. The van der Waals surface area contributed by atoms with Crippen LogP contribution in [0.5, 0.6) is 11.5 Å². The molecule has 0 radical (unpaired) electrons. The number of methoxy groups -OCH3 is 1. The quantitative estimate of drug-likeness (QED) is 0.803. The standard InChI is InChI=1S/C20H22N2O3/c1-15(8-9-16-6-4-3-5-7-16)22-20(23)14-25-18-11-10-17(13-21)12-19(18)24-2/h3-7,10-12,15H,8-9,14H2,1-2H3,(H,22,23). The maximum atomic E-state index is 12.0. The van der Waals surface area contributed by atoms with E-state index < -0.39 is 0 Å². The second-order valence-corrected chi connectivity index (χ2v) is 5.76. The lowest BCUT2D eigenvalue weighted by atomic mass is 10.1. The Morgan fingerprint density at radius 2 is 1.96 bits per heavy atom. The van der Waals surface area contributed by atoms with E-state index in [0.717, 1.165) is 12.8 Å². The summed E-state index contributed by atoms with van der Waals surface area (Å²) in [4.78, 5) is 12.0. The summed E-state index contributed by atoms with van der Waals surface area (Å²) in [6, 6.07) is 17.1. The first-order valence-corrected chi connectivity index (χ1v) is 8.16. The molecule has 0 spiro atoms. The van der Waals surface area contributed by atoms with E-state index in [0.29, 0.717) is 17.1 Å². The van der Waals surface area contributed by atoms with Crippen LogP contribution in [-0.4, -0.2) is 25.7 Å². The maximum Gasteiger partial charge on any atom is 0.258 e. The van der Waals surface area contributed by atoms with Crippen molar-refractivity contribution >= 4 is 5.91 Å². The van der Waals surface area contributed by atoms with Crippen molar-refractivity contribution in [2.75, 3.05) is 13.7 Å². The van der Waals surface area contributed by atoms with Gasteiger partial charge in [-0.05, 0) is 37.5 Å². The Labute approximate surface area is 148 Å². The van der Waals surface area contributed by atoms with Crippen LogP contribution in [0, 0.1) is 11.3 Å². The molecule has 0 saturated heterocycles. The lowest BCUT2D eigenvalue weighted by molar-refractivity contribution is -0.123. The van der Waals surface area contributed by atoms with Crippen molar-refractivity contribution in [3.05, 3.63) is 59.7 Å². The lowest BCUT2D eigenvalue weighted by Crippen LogP contribution is -2.36. The van der Waals surface area contributed by atoms with Gasteiger partial charge in [0, 0.05) is 12.1 Å². The molecule has 1 N–H and O–H groups in total. The van der Waals surface area contributed by atoms with Crippen molar-refractivity contribution in [1.82, 2.24) is 5.32 Å². The molecule has 0 bridgehead atoms. The summed E-state index contributed by atoms with van der Waals surface area (Å²) in [6.07, 6.45) is 1.77. The van der Waals surface area contributed by atoms with Gasteiger partial charge in [-0.2, -0.15) is 5.26 Å². The van der Waals surface area contributed by atoms with Crippen LogP contribution in [0.3, 0.4) is 0 Å². The van der Waals surface area contributed by atoms with E-state index in [1.165, 1.54) is 12.7 Å². The number of carbonyl (C=O) groups excluding carboxylic acids is 1. The average molecular weight is 338 g/mol. The fraction of sp³-hybridized carbons (Fsp3) is 0.300. The second kappa shape index (κ2) is 9.33. The fourth-order valence-electron chi connectivity index (χ4n) is 2.42. The van der Waals surface area contributed by atoms with Crippen molar-refractivity contribution in [2.45, 2.75) is 25.8 Å². The van der Waals surface area contributed by atoms with Crippen molar-refractivity contribution in [3.63, 3.8) is 0 Å². The van der Waals surface area contributed by atoms with E-state index >= 15 is 0 Å². The predicted octanol–water partition coefficient (Wildman–Crippen LogP) is 3.08. The summed E-state index contributed by atoms with van der Waals surface area (Å²) in [5.74, 6) is 0.685. The molecule has 5 heteroatoms. The van der Waals surface area contributed by atoms with Crippen molar-refractivity contribution in [1.29, 1.82) is 5.26 Å². The van der Waals surface area contributed by atoms with Gasteiger partial charge in [-0.15, -0.1) is 0 Å². The van der Waals surface area contributed by atoms with Crippen molar-refractivity contribution in [2.24, 2.45) is 0 Å². The number of amides is 1. The number of hydrogen-bond donors (Lipinski definition) is 1. The van der Waals surface area contributed by atoms with Crippen LogP contribution in [0.15, 0.2) is 48.5 Å². The number of hydrogen-bond acceptors (Lipinski definition) is 4. The number of benzene rings is 2. The lowest BCUT2D eigenvalue weighted by Gasteiger charge is -2.15. The number of nitrogens with one attached hydrogen (secondary N) is 1. The number of ether oxygens (including phenoxy) is 2. The zero-order valence-electron chi connectivity index (χ0n) is 14.5. The number of nitrogens with zero attached hydrogens (tertiary/aromatic N) is 1. The smallest absolute Gasteiger partial charge is 0.258 e. The molecule has 25 heavy (non-hydrogen) atoms. The highest BCUT2D eigenvalue weighted by Crippen LogP contribution is 2.27. The first kappa shape index (κ1) is 18.3. The number of nitriles is 1. The molecule has 130 valence electrons. The molecular formula is C20H22N2O3. The monoisotopic (exact) mass is 338 g/mol. The highest BCUT2D eigenvalue weighted by Gasteiger charge is 2.11. The predicted molar refractivity (Wildman–Crippen MR) is 95.6 cm³/mol. The van der Waals surface area contributed by atoms with E-state index in [-0.39, 0.29) is 18.6 Å². The van der Waals surface area contributed by atoms with Crippen LogP contribution in [0.1, 0.15) is 24.5 Å². The molecule has 0 saturated carbocycles. The van der Waals surface area contributed by atoms with Gasteiger partial charge in [0.2, 0.25) is 0 Å². The Balaban J connectivity index is 1.79. The molecule has 5 nitrogen and oxygen atoms in total. The first-order chi connectivity index (χ1) is 12.1. The number of carbonyl (C=O) groups is 1. The van der Waals surface area contributed by atoms with Gasteiger partial charge in [-0.25, -0.2) is 0 Å². The Hall–Kier alpha value is -3.00. The number of aryl methyl sites for hydroxylation is 1. The highest BCUT2D eigenvalue weighted by atomic mass is 16.5. The van der Waals surface area contributed by atoms with Crippen LogP contribution in [0.2, 0.25) is 0 Å². The summed E-state index contributed by atoms with van der Waals surface area (Å²) in [5.41, 5.74) is 1.73. The molecule has 0 aliphatic carbocycles. The molecule has 2 aromatic carbocycles. The fourth-order valence-corrected chi connectivity index (χ4v) is 2.42. The Bertz CT molecular complexity index is 738. The van der Waals surface area contributed by atoms with Gasteiger partial charge in [0.1, 0.15) is 0 Å². The van der Waals surface area contributed by atoms with Crippen LogP contribution in [0.4, 0.5) is 0 Å². The van der Waals surface area contributed by atoms with Crippen LogP contribution < -0.4 is 14.8 Å². The second-order valence-electron chi connectivity index (χ2n) is 5.76. The van der Waals surface area contributed by atoms with E-state index in [1.54, 1.807) is 18.2 Å². The Morgan fingerprint density at radius 1 is 1.20 bits per heavy atom. The summed E-state index contributed by atoms with van der Waals surface area (Å²) < 4.78 is 10.7. The topological polar surface area (TPSA) is 71.3 Å². The molecule has 1 atom stereocenters. The number of rotatable bonds is 8. The third-order valence-corrected chi connectivity index (χ3v) is 3.77. The summed E-state index contributed by atoms with van der Waals surface area (Å²) in [6.45, 7) is 1.88. The van der Waals surface area contributed by atoms with Gasteiger partial charge in [-0.3, -0.25) is 4.79 Å². The summed E-state index contributed by atoms with van der Waals surface area (Å²) in [7, 11) is 1.50. The molecule has 0 fully saturated rings. The van der Waals surface area contributed by atoms with Gasteiger partial charge in [0.15, 0.2) is 18.1 Å². The molecule has 0 aromatic heterocycles. The minimum absolute atomic E-state index is 0.0548. The molecule has 1 unspecified atom stereocenters. The maximum absolute atomic E-state index is 12.0. The molecule has 1 amide bonds. The zero-order chi connectivity index (χ0) is 18.1. The SMILES string of the molecule is COc1cc(C#N)ccc1OCC(=O)NC(C)CCc1ccccc1. The first-order valence-electron chi connectivity index (χ1n) is 8.16. The van der Waals surface area contributed by atoms with E-state index in [9.17, 15) is 4.79 Å². The van der Waals surface area contributed by atoms with Crippen LogP contribution in [-0.2, 0) is 11.2 Å². The molecule has 0 heterocycles. The molecular weight excluding hydrogens is 316 g/mol. The van der Waals surface area contributed by atoms with Gasteiger partial charge in [-0.1, -0.05) is 30.3 Å². The Kier molecular flexibility index (Phi) is 6.85. The largest absolute Gasteiger partial charge is 0.493 e. The minimum Gasteiger partial charge on any atom is -0.493 e. The van der Waals surface area contributed by atoms with E-state index in [1.807, 2.05) is 31.2 Å². The molecule has 2 rings (SSSR count). The van der Waals surface area contributed by atoms with Gasteiger partial charge >= 0.3 is 0 Å². The van der Waals surface area contributed by atoms with Crippen molar-refractivity contribution in [3.8, 4) is 17.6 Å². The normalized spacial score (nSPS) is 11.2. The third kappa shape index (κ3) is 5.85. The van der Waals surface area contributed by atoms with Crippen molar-refractivity contribution < 1.29 is 14.3 Å². The van der Waals surface area contributed by atoms with Gasteiger partial charge in [0.05, 0.1) is 18.7 Å². The zero-order valence-corrected chi connectivity index (χ0v) is 14.5. The van der Waals surface area contributed by atoms with Crippen LogP contribution in [0.25, 0.3) is 0 Å². The molecule has 2 aromatic rings. The molecule has 0 aliphatic rings. The van der Waals surface area contributed by atoms with Gasteiger partial charge < -0.3 is 14.8 Å². The van der Waals surface area contributed by atoms with E-state index in [2.05, 4.69) is 17.4 Å². The highest BCUT2D eigenvalue weighted by molar-refractivity contribution is 5.77. The molecule has 0 aliphatic heterocycles. The summed E-state index contributed by atoms with van der Waals surface area (Å²) in [5, 5.41) is 11.8. The van der Waals surface area contributed by atoms with Gasteiger partial charge in [0.25, 0.3) is 5.91 Å².